The molecule has 1 N–H and O–H groups in total. The average Bonchev–Trinajstić information content (AvgIpc) is 3.39. The fraction of sp³-hybridized carbons (Fsp3) is 0.269. The lowest BCUT2D eigenvalue weighted by Gasteiger charge is -2.09. The Labute approximate surface area is 199 Å². The maximum Gasteiger partial charge on any atom is 0.276 e. The summed E-state index contributed by atoms with van der Waals surface area (Å²) >= 11 is 0. The molecule has 176 valence electrons. The highest BCUT2D eigenvalue weighted by molar-refractivity contribution is 6.03. The first-order valence-electron chi connectivity index (χ1n) is 11.1. The van der Waals surface area contributed by atoms with E-state index < -0.39 is 0 Å². The largest absolute Gasteiger partial charge is 0.497 e. The molecule has 0 fully saturated rings. The Kier molecular flexibility index (Phi) is 6.67. The third kappa shape index (κ3) is 5.11. The van der Waals surface area contributed by atoms with Crippen molar-refractivity contribution in [1.82, 2.24) is 19.6 Å². The fourth-order valence-corrected chi connectivity index (χ4v) is 3.80. The van der Waals surface area contributed by atoms with Crippen LogP contribution in [0, 0.1) is 27.7 Å². The van der Waals surface area contributed by atoms with Crippen molar-refractivity contribution >= 4 is 11.6 Å². The van der Waals surface area contributed by atoms with Crippen molar-refractivity contribution < 1.29 is 14.3 Å². The summed E-state index contributed by atoms with van der Waals surface area (Å²) in [6, 6.07) is 15.5. The number of aryl methyl sites for hydroxylation is 3. The smallest absolute Gasteiger partial charge is 0.276 e. The van der Waals surface area contributed by atoms with E-state index in [-0.39, 0.29) is 12.6 Å². The van der Waals surface area contributed by atoms with Crippen molar-refractivity contribution in [2.45, 2.75) is 41.0 Å². The molecule has 8 nitrogen and oxygen atoms in total. The summed E-state index contributed by atoms with van der Waals surface area (Å²) in [6.07, 6.45) is 1.73. The van der Waals surface area contributed by atoms with Crippen molar-refractivity contribution in [1.29, 1.82) is 0 Å². The van der Waals surface area contributed by atoms with Crippen LogP contribution in [0.4, 0.5) is 5.69 Å². The quantitative estimate of drug-likeness (QED) is 0.414. The van der Waals surface area contributed by atoms with Crippen LogP contribution in [-0.4, -0.2) is 32.6 Å². The molecule has 0 saturated heterocycles. The van der Waals surface area contributed by atoms with Gasteiger partial charge in [-0.05, 0) is 63.1 Å². The zero-order valence-corrected chi connectivity index (χ0v) is 20.1. The first-order chi connectivity index (χ1) is 16.3. The molecule has 2 aromatic heterocycles. The van der Waals surface area contributed by atoms with Crippen LogP contribution in [0.15, 0.2) is 54.7 Å². The highest BCUT2D eigenvalue weighted by atomic mass is 16.5. The third-order valence-electron chi connectivity index (χ3n) is 5.64. The van der Waals surface area contributed by atoms with Gasteiger partial charge in [0.15, 0.2) is 12.4 Å². The Balaban J connectivity index is 1.42. The lowest BCUT2D eigenvalue weighted by Crippen LogP contribution is -2.15. The molecule has 0 aliphatic carbocycles. The van der Waals surface area contributed by atoms with Crippen molar-refractivity contribution in [3.63, 3.8) is 0 Å². The summed E-state index contributed by atoms with van der Waals surface area (Å²) in [7, 11) is 1.65. The molecule has 4 rings (SSSR count). The number of hydrogen-bond acceptors (Lipinski definition) is 5. The third-order valence-corrected chi connectivity index (χ3v) is 5.64. The van der Waals surface area contributed by atoms with Gasteiger partial charge in [0.1, 0.15) is 11.5 Å². The van der Waals surface area contributed by atoms with Gasteiger partial charge >= 0.3 is 0 Å². The zero-order chi connectivity index (χ0) is 24.2. The second-order valence-corrected chi connectivity index (χ2v) is 8.29. The molecule has 0 saturated carbocycles. The second-order valence-electron chi connectivity index (χ2n) is 8.29. The van der Waals surface area contributed by atoms with E-state index in [0.29, 0.717) is 17.9 Å². The topological polar surface area (TPSA) is 83.2 Å². The Morgan fingerprint density at radius 2 is 1.85 bits per heavy atom. The van der Waals surface area contributed by atoms with Crippen molar-refractivity contribution in [3.8, 4) is 11.5 Å². The van der Waals surface area contributed by atoms with E-state index in [0.717, 1.165) is 34.0 Å². The summed E-state index contributed by atoms with van der Waals surface area (Å²) in [6.45, 7) is 8.65. The average molecular weight is 460 g/mol. The molecule has 2 aromatic carbocycles. The molecule has 0 bridgehead atoms. The van der Waals surface area contributed by atoms with E-state index in [1.807, 2.05) is 68.8 Å². The fourth-order valence-electron chi connectivity index (χ4n) is 3.80. The number of hydrogen-bond donors (Lipinski definition) is 1. The summed E-state index contributed by atoms with van der Waals surface area (Å²) in [5.41, 5.74) is 5.91. The van der Waals surface area contributed by atoms with Gasteiger partial charge in [0, 0.05) is 6.20 Å². The first-order valence-corrected chi connectivity index (χ1v) is 11.1. The standard InChI is InChI=1S/C26H29N5O3/c1-17-9-10-24(18(2)13-17)34-16-30-12-11-23(29-30)26(32)27-25-19(3)28-31(20(25)4)15-21-7-6-8-22(14-21)33-5/h6-14H,15-16H2,1-5H3,(H,27,32). The molecule has 4 aromatic rings. The van der Waals surface area contributed by atoms with E-state index in [2.05, 4.69) is 21.6 Å². The molecule has 0 spiro atoms. The Morgan fingerprint density at radius 1 is 1.03 bits per heavy atom. The monoisotopic (exact) mass is 459 g/mol. The SMILES string of the molecule is COc1cccc(Cn2nc(C)c(NC(=O)c3ccn(COc4ccc(C)cc4C)n3)c2C)c1. The number of carbonyl (C=O) groups excluding carboxylic acids is 1. The van der Waals surface area contributed by atoms with Gasteiger partial charge in [0.2, 0.25) is 0 Å². The van der Waals surface area contributed by atoms with Crippen LogP contribution in [0.5, 0.6) is 11.5 Å². The lowest BCUT2D eigenvalue weighted by molar-refractivity contribution is 0.102. The maximum atomic E-state index is 12.9. The van der Waals surface area contributed by atoms with E-state index >= 15 is 0 Å². The van der Waals surface area contributed by atoms with Crippen LogP contribution < -0.4 is 14.8 Å². The van der Waals surface area contributed by atoms with Crippen LogP contribution in [0.3, 0.4) is 0 Å². The second kappa shape index (κ2) is 9.82. The lowest BCUT2D eigenvalue weighted by atomic mass is 10.1. The first kappa shape index (κ1) is 23.1. The van der Waals surface area contributed by atoms with Gasteiger partial charge in [-0.25, -0.2) is 4.68 Å². The Morgan fingerprint density at radius 3 is 2.62 bits per heavy atom. The number of benzene rings is 2. The van der Waals surface area contributed by atoms with Gasteiger partial charge in [-0.15, -0.1) is 0 Å². The summed E-state index contributed by atoms with van der Waals surface area (Å²) < 4.78 is 14.6. The molecule has 0 unspecified atom stereocenters. The minimum atomic E-state index is -0.294. The minimum absolute atomic E-state index is 0.216. The highest BCUT2D eigenvalue weighted by Crippen LogP contribution is 2.23. The number of aromatic nitrogens is 4. The van der Waals surface area contributed by atoms with Gasteiger partial charge in [-0.1, -0.05) is 29.8 Å². The van der Waals surface area contributed by atoms with Gasteiger partial charge < -0.3 is 14.8 Å². The van der Waals surface area contributed by atoms with Crippen LogP contribution in [0.25, 0.3) is 0 Å². The number of rotatable bonds is 8. The molecular weight excluding hydrogens is 430 g/mol. The molecule has 0 aliphatic heterocycles. The van der Waals surface area contributed by atoms with Gasteiger partial charge in [-0.2, -0.15) is 10.2 Å². The highest BCUT2D eigenvalue weighted by Gasteiger charge is 2.17. The zero-order valence-electron chi connectivity index (χ0n) is 20.1. The Hall–Kier alpha value is -4.07. The number of nitrogens with zero attached hydrogens (tertiary/aromatic N) is 4. The van der Waals surface area contributed by atoms with Crippen LogP contribution in [0.1, 0.15) is 38.6 Å². The van der Waals surface area contributed by atoms with Gasteiger partial charge in [0.25, 0.3) is 5.91 Å². The number of anilines is 1. The van der Waals surface area contributed by atoms with Crippen molar-refractivity contribution in [2.75, 3.05) is 12.4 Å². The predicted molar refractivity (Wildman–Crippen MR) is 131 cm³/mol. The van der Waals surface area contributed by atoms with Crippen LogP contribution in [-0.2, 0) is 13.3 Å². The number of nitrogens with one attached hydrogen (secondary N) is 1. The van der Waals surface area contributed by atoms with Crippen molar-refractivity contribution in [2.24, 2.45) is 0 Å². The molecule has 0 atom stereocenters. The van der Waals surface area contributed by atoms with E-state index in [4.69, 9.17) is 9.47 Å². The number of ether oxygens (including phenoxy) is 2. The minimum Gasteiger partial charge on any atom is -0.497 e. The molecule has 34 heavy (non-hydrogen) atoms. The number of amides is 1. The summed E-state index contributed by atoms with van der Waals surface area (Å²) in [5.74, 6) is 1.30. The number of methoxy groups -OCH3 is 1. The van der Waals surface area contributed by atoms with Crippen LogP contribution in [0.2, 0.25) is 0 Å². The predicted octanol–water partition coefficient (Wildman–Crippen LogP) is 4.66. The molecule has 0 aliphatic rings. The number of carbonyl (C=O) groups is 1. The summed E-state index contributed by atoms with van der Waals surface area (Å²) in [5, 5.41) is 11.9. The maximum absolute atomic E-state index is 12.9. The summed E-state index contributed by atoms with van der Waals surface area (Å²) in [4.78, 5) is 12.9. The van der Waals surface area contributed by atoms with Crippen molar-refractivity contribution in [3.05, 3.63) is 88.5 Å². The van der Waals surface area contributed by atoms with Gasteiger partial charge in [-0.3, -0.25) is 9.48 Å². The van der Waals surface area contributed by atoms with Gasteiger partial charge in [0.05, 0.1) is 30.7 Å². The van der Waals surface area contributed by atoms with E-state index in [1.54, 1.807) is 24.1 Å². The van der Waals surface area contributed by atoms with E-state index in [9.17, 15) is 4.79 Å². The molecule has 1 amide bonds. The van der Waals surface area contributed by atoms with E-state index in [1.165, 1.54) is 5.56 Å². The molecule has 0 radical (unpaired) electrons. The molecular formula is C26H29N5O3. The van der Waals surface area contributed by atoms with Crippen LogP contribution >= 0.6 is 0 Å². The molecule has 8 heteroatoms. The molecule has 2 heterocycles. The normalized spacial score (nSPS) is 10.9. The Bertz CT molecular complexity index is 1320.